The molecular weight excluding hydrogens is 172 g/mol. The highest BCUT2D eigenvalue weighted by atomic mass is 16.6. The molecule has 0 aromatic rings. The minimum Gasteiger partial charge on any atom is -0.450 e. The number of nitrogens with zero attached hydrogens (tertiary/aromatic N) is 1. The Morgan fingerprint density at radius 3 is 3.15 bits per heavy atom. The van der Waals surface area contributed by atoms with E-state index in [1.54, 1.807) is 11.8 Å². The molecule has 0 unspecified atom stereocenters. The number of carbonyl (C=O) groups is 1. The van der Waals surface area contributed by atoms with Gasteiger partial charge < -0.3 is 15.2 Å². The van der Waals surface area contributed by atoms with Crippen LogP contribution >= 0.6 is 0 Å². The van der Waals surface area contributed by atoms with Crippen molar-refractivity contribution in [3.63, 3.8) is 0 Å². The van der Waals surface area contributed by atoms with Gasteiger partial charge >= 0.3 is 6.09 Å². The molecule has 1 rings (SSSR count). The van der Waals surface area contributed by atoms with Gasteiger partial charge in [-0.1, -0.05) is 0 Å². The second-order valence-corrected chi connectivity index (χ2v) is 2.86. The van der Waals surface area contributed by atoms with E-state index in [1.165, 1.54) is 0 Å². The van der Waals surface area contributed by atoms with Gasteiger partial charge in [-0.15, -0.1) is 0 Å². The molecular formula is C8H16N2O3. The summed E-state index contributed by atoms with van der Waals surface area (Å²) in [6.45, 7) is 4.24. The van der Waals surface area contributed by atoms with E-state index in [4.69, 9.17) is 15.2 Å². The van der Waals surface area contributed by atoms with Gasteiger partial charge in [0.2, 0.25) is 0 Å². The first-order valence-electron chi connectivity index (χ1n) is 4.50. The van der Waals surface area contributed by atoms with Gasteiger partial charge in [-0.3, -0.25) is 4.90 Å². The summed E-state index contributed by atoms with van der Waals surface area (Å²) in [4.78, 5) is 13.0. The highest BCUT2D eigenvalue weighted by Crippen LogP contribution is 2.07. The van der Waals surface area contributed by atoms with Crippen molar-refractivity contribution in [1.82, 2.24) is 4.90 Å². The van der Waals surface area contributed by atoms with Crippen molar-refractivity contribution >= 4 is 6.09 Å². The summed E-state index contributed by atoms with van der Waals surface area (Å²) in [6, 6.07) is -0.0344. The van der Waals surface area contributed by atoms with Crippen molar-refractivity contribution in [2.45, 2.75) is 13.0 Å². The molecule has 0 aromatic carbocycles. The zero-order chi connectivity index (χ0) is 9.68. The average molecular weight is 188 g/mol. The maximum atomic E-state index is 11.4. The van der Waals surface area contributed by atoms with E-state index in [9.17, 15) is 4.79 Å². The van der Waals surface area contributed by atoms with Crippen molar-refractivity contribution in [3.8, 4) is 0 Å². The molecule has 1 amide bonds. The maximum Gasteiger partial charge on any atom is 0.410 e. The lowest BCUT2D eigenvalue weighted by molar-refractivity contribution is -0.00499. The van der Waals surface area contributed by atoms with Gasteiger partial charge in [0.15, 0.2) is 0 Å². The number of amides is 1. The summed E-state index contributed by atoms with van der Waals surface area (Å²) in [5.41, 5.74) is 5.50. The normalized spacial score (nSPS) is 22.9. The van der Waals surface area contributed by atoms with E-state index in [-0.39, 0.29) is 12.1 Å². The lowest BCUT2D eigenvalue weighted by Crippen LogP contribution is -2.52. The third-order valence-corrected chi connectivity index (χ3v) is 2.00. The maximum absolute atomic E-state index is 11.4. The monoisotopic (exact) mass is 188 g/mol. The molecule has 2 N–H and O–H groups in total. The number of nitrogens with two attached hydrogens (primary N) is 1. The topological polar surface area (TPSA) is 64.8 Å². The Morgan fingerprint density at radius 1 is 1.77 bits per heavy atom. The lowest BCUT2D eigenvalue weighted by atomic mass is 10.2. The van der Waals surface area contributed by atoms with E-state index < -0.39 is 0 Å². The molecule has 5 heteroatoms. The van der Waals surface area contributed by atoms with Crippen LogP contribution < -0.4 is 5.73 Å². The van der Waals surface area contributed by atoms with Crippen LogP contribution in [-0.2, 0) is 9.47 Å². The first-order chi connectivity index (χ1) is 6.29. The summed E-state index contributed by atoms with van der Waals surface area (Å²) in [5, 5.41) is 0. The summed E-state index contributed by atoms with van der Waals surface area (Å²) >= 11 is 0. The van der Waals surface area contributed by atoms with Crippen LogP contribution in [0.5, 0.6) is 0 Å². The molecule has 76 valence electrons. The number of carbonyl (C=O) groups excluding carboxylic acids is 1. The van der Waals surface area contributed by atoms with E-state index in [1.807, 2.05) is 0 Å². The molecule has 1 fully saturated rings. The minimum absolute atomic E-state index is 0.0344. The highest BCUT2D eigenvalue weighted by Gasteiger charge is 2.26. The Bertz CT molecular complexity index is 175. The Morgan fingerprint density at radius 2 is 2.54 bits per heavy atom. The zero-order valence-electron chi connectivity index (χ0n) is 7.86. The van der Waals surface area contributed by atoms with Crippen LogP contribution in [0.4, 0.5) is 4.79 Å². The summed E-state index contributed by atoms with van der Waals surface area (Å²) in [7, 11) is 0. The first-order valence-corrected chi connectivity index (χ1v) is 4.50. The second-order valence-electron chi connectivity index (χ2n) is 2.86. The van der Waals surface area contributed by atoms with Gasteiger partial charge in [-0.2, -0.15) is 0 Å². The van der Waals surface area contributed by atoms with Crippen molar-refractivity contribution in [3.05, 3.63) is 0 Å². The summed E-state index contributed by atoms with van der Waals surface area (Å²) in [6.07, 6.45) is -0.291. The first kappa shape index (κ1) is 10.3. The van der Waals surface area contributed by atoms with Crippen LogP contribution in [0.2, 0.25) is 0 Å². The van der Waals surface area contributed by atoms with E-state index in [0.717, 1.165) is 0 Å². The van der Waals surface area contributed by atoms with E-state index >= 15 is 0 Å². The minimum atomic E-state index is -0.291. The fraction of sp³-hybridized carbons (Fsp3) is 0.875. The largest absolute Gasteiger partial charge is 0.450 e. The van der Waals surface area contributed by atoms with E-state index in [2.05, 4.69) is 0 Å². The number of morpholine rings is 1. The molecule has 5 nitrogen and oxygen atoms in total. The van der Waals surface area contributed by atoms with Crippen LogP contribution in [0.1, 0.15) is 6.92 Å². The molecule has 0 saturated carbocycles. The Balaban J connectivity index is 2.48. The molecule has 0 spiro atoms. The number of hydrogen-bond acceptors (Lipinski definition) is 4. The lowest BCUT2D eigenvalue weighted by Gasteiger charge is -2.33. The zero-order valence-corrected chi connectivity index (χ0v) is 7.86. The molecule has 13 heavy (non-hydrogen) atoms. The Hall–Kier alpha value is -0.810. The molecule has 0 aliphatic carbocycles. The molecule has 0 radical (unpaired) electrons. The molecule has 0 bridgehead atoms. The Labute approximate surface area is 77.8 Å². The predicted octanol–water partition coefficient (Wildman–Crippen LogP) is -0.198. The van der Waals surface area contributed by atoms with Gasteiger partial charge in [0, 0.05) is 13.1 Å². The van der Waals surface area contributed by atoms with Gasteiger partial charge in [0.05, 0.1) is 25.9 Å². The summed E-state index contributed by atoms with van der Waals surface area (Å²) < 4.78 is 10.1. The standard InChI is InChI=1S/C8H16N2O3/c1-2-13-8(11)10-3-4-12-6-7(10)5-9/h7H,2-6,9H2,1H3/t7-/m0/s1. The van der Waals surface area contributed by atoms with Crippen molar-refractivity contribution in [1.29, 1.82) is 0 Å². The van der Waals surface area contributed by atoms with Crippen LogP contribution in [0.15, 0.2) is 0 Å². The number of ether oxygens (including phenoxy) is 2. The van der Waals surface area contributed by atoms with Gasteiger partial charge in [-0.05, 0) is 6.92 Å². The number of rotatable bonds is 2. The Kier molecular flexibility index (Phi) is 3.98. The van der Waals surface area contributed by atoms with Crippen molar-refractivity contribution in [2.24, 2.45) is 5.73 Å². The molecule has 1 aliphatic heterocycles. The quantitative estimate of drug-likeness (QED) is 0.652. The SMILES string of the molecule is CCOC(=O)N1CCOC[C@@H]1CN. The van der Waals surface area contributed by atoms with Crippen LogP contribution in [0.3, 0.4) is 0 Å². The van der Waals surface area contributed by atoms with Gasteiger partial charge in [0.1, 0.15) is 0 Å². The fourth-order valence-electron chi connectivity index (χ4n) is 1.30. The third kappa shape index (κ3) is 2.57. The average Bonchev–Trinajstić information content (AvgIpc) is 2.18. The molecule has 1 heterocycles. The van der Waals surface area contributed by atoms with Crippen LogP contribution in [-0.4, -0.2) is 49.9 Å². The molecule has 1 saturated heterocycles. The smallest absolute Gasteiger partial charge is 0.410 e. The second kappa shape index (κ2) is 5.04. The van der Waals surface area contributed by atoms with Gasteiger partial charge in [0.25, 0.3) is 0 Å². The van der Waals surface area contributed by atoms with Crippen molar-refractivity contribution < 1.29 is 14.3 Å². The van der Waals surface area contributed by atoms with Gasteiger partial charge in [-0.25, -0.2) is 4.79 Å². The predicted molar refractivity (Wildman–Crippen MR) is 47.4 cm³/mol. The molecule has 1 atom stereocenters. The number of hydrogen-bond donors (Lipinski definition) is 1. The highest BCUT2D eigenvalue weighted by molar-refractivity contribution is 5.68. The van der Waals surface area contributed by atoms with Crippen molar-refractivity contribution in [2.75, 3.05) is 32.9 Å². The third-order valence-electron chi connectivity index (χ3n) is 2.00. The van der Waals surface area contributed by atoms with E-state index in [0.29, 0.717) is 32.9 Å². The van der Waals surface area contributed by atoms with Crippen LogP contribution in [0, 0.1) is 0 Å². The van der Waals surface area contributed by atoms with Crippen LogP contribution in [0.25, 0.3) is 0 Å². The molecule has 1 aliphatic rings. The summed E-state index contributed by atoms with van der Waals surface area (Å²) in [5.74, 6) is 0. The fourth-order valence-corrected chi connectivity index (χ4v) is 1.30. The molecule has 0 aromatic heterocycles.